The Bertz CT molecular complexity index is 289. The first-order chi connectivity index (χ1) is 7.54. The molecule has 1 unspecified atom stereocenters. The van der Waals surface area contributed by atoms with Gasteiger partial charge in [0.15, 0.2) is 0 Å². The smallest absolute Gasteiger partial charge is 0.0464 e. The fourth-order valence-electron chi connectivity index (χ4n) is 1.63. The van der Waals surface area contributed by atoms with Crippen molar-refractivity contribution >= 4 is 11.8 Å². The molecule has 0 aliphatic rings. The number of hydrogen-bond acceptors (Lipinski definition) is 2. The molecule has 2 heteroatoms. The van der Waals surface area contributed by atoms with Crippen molar-refractivity contribution in [3.05, 3.63) is 30.3 Å². The SMILES string of the molecule is CC(C)(C)C(CO)CCSc1ccccc1. The van der Waals surface area contributed by atoms with Gasteiger partial charge in [-0.15, -0.1) is 11.8 Å². The van der Waals surface area contributed by atoms with Crippen molar-refractivity contribution in [2.75, 3.05) is 12.4 Å². The van der Waals surface area contributed by atoms with Crippen LogP contribution in [0.2, 0.25) is 0 Å². The Morgan fingerprint density at radius 2 is 1.81 bits per heavy atom. The molecule has 0 heterocycles. The Hall–Kier alpha value is -0.470. The maximum absolute atomic E-state index is 9.35. The van der Waals surface area contributed by atoms with Crippen molar-refractivity contribution in [1.29, 1.82) is 0 Å². The van der Waals surface area contributed by atoms with Gasteiger partial charge in [0.1, 0.15) is 0 Å². The van der Waals surface area contributed by atoms with E-state index < -0.39 is 0 Å². The Morgan fingerprint density at radius 3 is 2.31 bits per heavy atom. The third-order valence-corrected chi connectivity index (χ3v) is 3.97. The highest BCUT2D eigenvalue weighted by Gasteiger charge is 2.23. The summed E-state index contributed by atoms with van der Waals surface area (Å²) in [4.78, 5) is 1.31. The second kappa shape index (κ2) is 6.31. The van der Waals surface area contributed by atoms with Crippen LogP contribution in [-0.2, 0) is 0 Å². The van der Waals surface area contributed by atoms with Gasteiger partial charge in [-0.25, -0.2) is 0 Å². The van der Waals surface area contributed by atoms with E-state index in [9.17, 15) is 5.11 Å². The summed E-state index contributed by atoms with van der Waals surface area (Å²) < 4.78 is 0. The third kappa shape index (κ3) is 4.58. The summed E-state index contributed by atoms with van der Waals surface area (Å²) in [6, 6.07) is 10.4. The maximum atomic E-state index is 9.35. The van der Waals surface area contributed by atoms with Gasteiger partial charge < -0.3 is 5.11 Å². The molecule has 1 aromatic carbocycles. The fraction of sp³-hybridized carbons (Fsp3) is 0.571. The summed E-state index contributed by atoms with van der Waals surface area (Å²) in [6.45, 7) is 6.88. The van der Waals surface area contributed by atoms with Gasteiger partial charge in [-0.3, -0.25) is 0 Å². The summed E-state index contributed by atoms with van der Waals surface area (Å²) in [5.74, 6) is 1.47. The molecular formula is C14H22OS. The van der Waals surface area contributed by atoms with E-state index in [1.165, 1.54) is 4.90 Å². The molecule has 1 atom stereocenters. The van der Waals surface area contributed by atoms with Gasteiger partial charge in [-0.2, -0.15) is 0 Å². The van der Waals surface area contributed by atoms with E-state index in [-0.39, 0.29) is 5.41 Å². The number of aliphatic hydroxyl groups excluding tert-OH is 1. The van der Waals surface area contributed by atoms with Gasteiger partial charge in [0.25, 0.3) is 0 Å². The molecule has 0 radical (unpaired) electrons. The molecule has 0 amide bonds. The second-order valence-electron chi connectivity index (χ2n) is 5.20. The molecule has 0 saturated carbocycles. The van der Waals surface area contributed by atoms with E-state index in [0.717, 1.165) is 12.2 Å². The summed E-state index contributed by atoms with van der Waals surface area (Å²) >= 11 is 1.87. The Labute approximate surface area is 103 Å². The maximum Gasteiger partial charge on any atom is 0.0464 e. The molecule has 0 aliphatic heterocycles. The minimum atomic E-state index is 0.200. The molecule has 1 nitrogen and oxygen atoms in total. The molecule has 0 aromatic heterocycles. The van der Waals surface area contributed by atoms with E-state index in [1.54, 1.807) is 0 Å². The van der Waals surface area contributed by atoms with Gasteiger partial charge in [0.2, 0.25) is 0 Å². The van der Waals surface area contributed by atoms with E-state index in [4.69, 9.17) is 0 Å². The first-order valence-electron chi connectivity index (χ1n) is 5.82. The Kier molecular flexibility index (Phi) is 5.36. The van der Waals surface area contributed by atoms with Gasteiger partial charge in [-0.1, -0.05) is 39.0 Å². The first kappa shape index (κ1) is 13.6. The minimum absolute atomic E-state index is 0.200. The molecule has 0 saturated heterocycles. The molecule has 0 bridgehead atoms. The Balaban J connectivity index is 2.35. The lowest BCUT2D eigenvalue weighted by Crippen LogP contribution is -2.24. The van der Waals surface area contributed by atoms with Crippen LogP contribution in [0.25, 0.3) is 0 Å². The van der Waals surface area contributed by atoms with Crippen molar-refractivity contribution in [3.8, 4) is 0 Å². The van der Waals surface area contributed by atoms with Gasteiger partial charge in [0.05, 0.1) is 0 Å². The van der Waals surface area contributed by atoms with Gasteiger partial charge in [0, 0.05) is 11.5 Å². The van der Waals surface area contributed by atoms with Crippen molar-refractivity contribution in [3.63, 3.8) is 0 Å². The molecular weight excluding hydrogens is 216 g/mol. The van der Waals surface area contributed by atoms with E-state index >= 15 is 0 Å². The highest BCUT2D eigenvalue weighted by atomic mass is 32.2. The number of benzene rings is 1. The topological polar surface area (TPSA) is 20.2 Å². The molecule has 90 valence electrons. The lowest BCUT2D eigenvalue weighted by molar-refractivity contribution is 0.128. The number of rotatable bonds is 5. The molecule has 1 aromatic rings. The van der Waals surface area contributed by atoms with Crippen LogP contribution in [0, 0.1) is 11.3 Å². The third-order valence-electron chi connectivity index (χ3n) is 2.92. The molecule has 1 N–H and O–H groups in total. The molecule has 0 spiro atoms. The number of aliphatic hydroxyl groups is 1. The standard InChI is InChI=1S/C14H22OS/c1-14(2,3)12(11-15)9-10-16-13-7-5-4-6-8-13/h4-8,12,15H,9-11H2,1-3H3. The fourth-order valence-corrected chi connectivity index (χ4v) is 2.62. The zero-order chi connectivity index (χ0) is 12.0. The first-order valence-corrected chi connectivity index (χ1v) is 6.81. The highest BCUT2D eigenvalue weighted by Crippen LogP contribution is 2.30. The highest BCUT2D eigenvalue weighted by molar-refractivity contribution is 7.99. The largest absolute Gasteiger partial charge is 0.396 e. The van der Waals surface area contributed by atoms with Crippen molar-refractivity contribution < 1.29 is 5.11 Å². The quantitative estimate of drug-likeness (QED) is 0.787. The minimum Gasteiger partial charge on any atom is -0.396 e. The van der Waals surface area contributed by atoms with Crippen molar-refractivity contribution in [2.24, 2.45) is 11.3 Å². The van der Waals surface area contributed by atoms with Crippen LogP contribution >= 0.6 is 11.8 Å². The summed E-state index contributed by atoms with van der Waals surface area (Å²) in [5.41, 5.74) is 0.200. The van der Waals surface area contributed by atoms with Crippen LogP contribution in [-0.4, -0.2) is 17.5 Å². The second-order valence-corrected chi connectivity index (χ2v) is 6.36. The molecule has 0 fully saturated rings. The number of thioether (sulfide) groups is 1. The van der Waals surface area contributed by atoms with Crippen LogP contribution in [0.3, 0.4) is 0 Å². The zero-order valence-corrected chi connectivity index (χ0v) is 11.3. The van der Waals surface area contributed by atoms with Crippen LogP contribution in [0.15, 0.2) is 35.2 Å². The van der Waals surface area contributed by atoms with Crippen molar-refractivity contribution in [1.82, 2.24) is 0 Å². The van der Waals surface area contributed by atoms with Crippen molar-refractivity contribution in [2.45, 2.75) is 32.1 Å². The Morgan fingerprint density at radius 1 is 1.19 bits per heavy atom. The predicted molar refractivity (Wildman–Crippen MR) is 71.8 cm³/mol. The monoisotopic (exact) mass is 238 g/mol. The summed E-state index contributed by atoms with van der Waals surface area (Å²) in [6.07, 6.45) is 1.07. The normalized spacial score (nSPS) is 13.8. The lowest BCUT2D eigenvalue weighted by Gasteiger charge is -2.28. The van der Waals surface area contributed by atoms with Crippen LogP contribution in [0.5, 0.6) is 0 Å². The average molecular weight is 238 g/mol. The molecule has 16 heavy (non-hydrogen) atoms. The zero-order valence-electron chi connectivity index (χ0n) is 10.4. The summed E-state index contributed by atoms with van der Waals surface area (Å²) in [5, 5.41) is 9.35. The van der Waals surface area contributed by atoms with Crippen LogP contribution in [0.1, 0.15) is 27.2 Å². The van der Waals surface area contributed by atoms with Crippen LogP contribution < -0.4 is 0 Å². The van der Waals surface area contributed by atoms with E-state index in [0.29, 0.717) is 12.5 Å². The van der Waals surface area contributed by atoms with Gasteiger partial charge in [-0.05, 0) is 35.6 Å². The van der Waals surface area contributed by atoms with Gasteiger partial charge >= 0.3 is 0 Å². The van der Waals surface area contributed by atoms with Crippen LogP contribution in [0.4, 0.5) is 0 Å². The number of hydrogen-bond donors (Lipinski definition) is 1. The predicted octanol–water partition coefficient (Wildman–Crippen LogP) is 3.82. The van der Waals surface area contributed by atoms with E-state index in [2.05, 4.69) is 45.0 Å². The summed E-state index contributed by atoms with van der Waals surface area (Å²) in [7, 11) is 0. The molecule has 0 aliphatic carbocycles. The lowest BCUT2D eigenvalue weighted by atomic mass is 9.80. The average Bonchev–Trinajstić information content (AvgIpc) is 2.24. The van der Waals surface area contributed by atoms with E-state index in [1.807, 2.05) is 17.8 Å². The molecule has 1 rings (SSSR count).